The van der Waals surface area contributed by atoms with Gasteiger partial charge in [-0.05, 0) is 51.0 Å². The van der Waals surface area contributed by atoms with E-state index in [1.807, 2.05) is 14.0 Å². The molecule has 2 rings (SSSR count). The summed E-state index contributed by atoms with van der Waals surface area (Å²) in [5.74, 6) is 2.18. The normalized spacial score (nSPS) is 16.2. The van der Waals surface area contributed by atoms with Crippen LogP contribution in [0.25, 0.3) is 0 Å². The molecule has 136 valence electrons. The van der Waals surface area contributed by atoms with Gasteiger partial charge in [0.1, 0.15) is 0 Å². The van der Waals surface area contributed by atoms with Gasteiger partial charge in [-0.25, -0.2) is 0 Å². The first-order valence-electron chi connectivity index (χ1n) is 9.11. The van der Waals surface area contributed by atoms with Gasteiger partial charge in [0, 0.05) is 45.6 Å². The SMILES string of the molecule is CN=C(NCCCOCC1CC1)NCC(C)Cn1nc(C)cc1C. The fraction of sp³-hybridized carbons (Fsp3) is 0.778. The molecule has 6 heteroatoms. The van der Waals surface area contributed by atoms with Crippen LogP contribution in [0.2, 0.25) is 0 Å². The maximum atomic E-state index is 5.64. The fourth-order valence-corrected chi connectivity index (χ4v) is 2.63. The lowest BCUT2D eigenvalue weighted by Crippen LogP contribution is -2.40. The number of nitrogens with one attached hydrogen (secondary N) is 2. The molecule has 0 aliphatic heterocycles. The Morgan fingerprint density at radius 2 is 2.21 bits per heavy atom. The Hall–Kier alpha value is -1.56. The zero-order valence-electron chi connectivity index (χ0n) is 15.6. The van der Waals surface area contributed by atoms with Gasteiger partial charge in [0.15, 0.2) is 5.96 Å². The Labute approximate surface area is 146 Å². The van der Waals surface area contributed by atoms with Gasteiger partial charge < -0.3 is 15.4 Å². The largest absolute Gasteiger partial charge is 0.381 e. The maximum absolute atomic E-state index is 5.64. The predicted octanol–water partition coefficient (Wildman–Crippen LogP) is 2.12. The first-order valence-corrected chi connectivity index (χ1v) is 9.11. The van der Waals surface area contributed by atoms with Crippen LogP contribution in [0.1, 0.15) is 37.6 Å². The Morgan fingerprint density at radius 1 is 1.42 bits per heavy atom. The Bertz CT molecular complexity index is 521. The first-order chi connectivity index (χ1) is 11.6. The second-order valence-corrected chi connectivity index (χ2v) is 6.97. The third kappa shape index (κ3) is 6.91. The number of aromatic nitrogens is 2. The third-order valence-electron chi connectivity index (χ3n) is 4.24. The second-order valence-electron chi connectivity index (χ2n) is 6.97. The van der Waals surface area contributed by atoms with Crippen molar-refractivity contribution >= 4 is 5.96 Å². The van der Waals surface area contributed by atoms with Gasteiger partial charge in [-0.15, -0.1) is 0 Å². The molecule has 0 spiro atoms. The zero-order chi connectivity index (χ0) is 17.4. The molecule has 0 radical (unpaired) electrons. The van der Waals surface area contributed by atoms with Crippen molar-refractivity contribution in [1.82, 2.24) is 20.4 Å². The molecule has 1 aliphatic rings. The monoisotopic (exact) mass is 335 g/mol. The van der Waals surface area contributed by atoms with Crippen molar-refractivity contribution in [3.63, 3.8) is 0 Å². The van der Waals surface area contributed by atoms with Gasteiger partial charge >= 0.3 is 0 Å². The zero-order valence-corrected chi connectivity index (χ0v) is 15.6. The summed E-state index contributed by atoms with van der Waals surface area (Å²) in [7, 11) is 1.81. The lowest BCUT2D eigenvalue weighted by molar-refractivity contribution is 0.123. The van der Waals surface area contributed by atoms with Crippen LogP contribution in [-0.4, -0.2) is 49.1 Å². The fourth-order valence-electron chi connectivity index (χ4n) is 2.63. The average molecular weight is 335 g/mol. The molecule has 0 aromatic carbocycles. The highest BCUT2D eigenvalue weighted by molar-refractivity contribution is 5.79. The van der Waals surface area contributed by atoms with Crippen molar-refractivity contribution < 1.29 is 4.74 Å². The minimum Gasteiger partial charge on any atom is -0.381 e. The van der Waals surface area contributed by atoms with E-state index >= 15 is 0 Å². The van der Waals surface area contributed by atoms with Crippen LogP contribution in [-0.2, 0) is 11.3 Å². The smallest absolute Gasteiger partial charge is 0.190 e. The predicted molar refractivity (Wildman–Crippen MR) is 98.4 cm³/mol. The van der Waals surface area contributed by atoms with E-state index < -0.39 is 0 Å². The van der Waals surface area contributed by atoms with Crippen molar-refractivity contribution in [3.8, 4) is 0 Å². The van der Waals surface area contributed by atoms with Gasteiger partial charge in [-0.2, -0.15) is 5.10 Å². The number of rotatable bonds is 10. The van der Waals surface area contributed by atoms with Crippen LogP contribution in [0.5, 0.6) is 0 Å². The van der Waals surface area contributed by atoms with Gasteiger partial charge in [0.2, 0.25) is 0 Å². The molecular weight excluding hydrogens is 302 g/mol. The van der Waals surface area contributed by atoms with Crippen LogP contribution in [0.4, 0.5) is 0 Å². The summed E-state index contributed by atoms with van der Waals surface area (Å²) >= 11 is 0. The summed E-state index contributed by atoms with van der Waals surface area (Å²) in [6, 6.07) is 2.12. The first kappa shape index (κ1) is 18.8. The molecule has 0 amide bonds. The van der Waals surface area contributed by atoms with E-state index in [0.717, 1.165) is 56.8 Å². The highest BCUT2D eigenvalue weighted by atomic mass is 16.5. The summed E-state index contributed by atoms with van der Waals surface area (Å²) in [5, 5.41) is 11.3. The number of aliphatic imine (C=N–C) groups is 1. The van der Waals surface area contributed by atoms with E-state index in [2.05, 4.69) is 45.3 Å². The van der Waals surface area contributed by atoms with Crippen molar-refractivity contribution in [1.29, 1.82) is 0 Å². The molecule has 6 nitrogen and oxygen atoms in total. The quantitative estimate of drug-likeness (QED) is 0.390. The van der Waals surface area contributed by atoms with E-state index in [4.69, 9.17) is 4.74 Å². The highest BCUT2D eigenvalue weighted by Crippen LogP contribution is 2.28. The van der Waals surface area contributed by atoms with E-state index in [-0.39, 0.29) is 0 Å². The van der Waals surface area contributed by atoms with Gasteiger partial charge in [-0.1, -0.05) is 6.92 Å². The van der Waals surface area contributed by atoms with E-state index in [1.54, 1.807) is 0 Å². The third-order valence-corrected chi connectivity index (χ3v) is 4.24. The molecule has 1 aromatic rings. The average Bonchev–Trinajstić information content (AvgIpc) is 3.31. The molecule has 24 heavy (non-hydrogen) atoms. The van der Waals surface area contributed by atoms with Crippen LogP contribution in [0.15, 0.2) is 11.1 Å². The molecule has 2 N–H and O–H groups in total. The Kier molecular flexibility index (Phi) is 7.56. The number of hydrogen-bond acceptors (Lipinski definition) is 3. The van der Waals surface area contributed by atoms with Gasteiger partial charge in [-0.3, -0.25) is 9.67 Å². The highest BCUT2D eigenvalue weighted by Gasteiger charge is 2.20. The van der Waals surface area contributed by atoms with Crippen molar-refractivity contribution in [2.24, 2.45) is 16.8 Å². The number of nitrogens with zero attached hydrogens (tertiary/aromatic N) is 3. The molecule has 1 unspecified atom stereocenters. The summed E-state index contributed by atoms with van der Waals surface area (Å²) < 4.78 is 7.72. The van der Waals surface area contributed by atoms with Gasteiger partial charge in [0.05, 0.1) is 5.69 Å². The van der Waals surface area contributed by atoms with Gasteiger partial charge in [0.25, 0.3) is 0 Å². The minimum atomic E-state index is 0.475. The summed E-state index contributed by atoms with van der Waals surface area (Å²) in [6.45, 7) is 10.8. The van der Waals surface area contributed by atoms with Crippen LogP contribution in [0, 0.1) is 25.7 Å². The summed E-state index contributed by atoms with van der Waals surface area (Å²) in [5.41, 5.74) is 2.29. The molecule has 1 aliphatic carbocycles. The molecular formula is C18H33N5O. The molecule has 1 heterocycles. The summed E-state index contributed by atoms with van der Waals surface area (Å²) in [6.07, 6.45) is 3.71. The number of ether oxygens (including phenoxy) is 1. The maximum Gasteiger partial charge on any atom is 0.190 e. The summed E-state index contributed by atoms with van der Waals surface area (Å²) in [4.78, 5) is 4.28. The lowest BCUT2D eigenvalue weighted by atomic mass is 10.2. The molecule has 0 bridgehead atoms. The second kappa shape index (κ2) is 9.67. The van der Waals surface area contributed by atoms with E-state index in [9.17, 15) is 0 Å². The molecule has 1 atom stereocenters. The number of hydrogen-bond donors (Lipinski definition) is 2. The van der Waals surface area contributed by atoms with Crippen LogP contribution < -0.4 is 10.6 Å². The van der Waals surface area contributed by atoms with Crippen LogP contribution in [0.3, 0.4) is 0 Å². The van der Waals surface area contributed by atoms with Crippen molar-refractivity contribution in [2.45, 2.75) is 46.6 Å². The van der Waals surface area contributed by atoms with E-state index in [1.165, 1.54) is 18.5 Å². The molecule has 1 fully saturated rings. The lowest BCUT2D eigenvalue weighted by Gasteiger charge is -2.17. The standard InChI is InChI=1S/C18H33N5O/c1-14(12-23-16(3)10-15(2)22-23)11-21-18(19-4)20-8-5-9-24-13-17-6-7-17/h10,14,17H,5-9,11-13H2,1-4H3,(H2,19,20,21). The van der Waals surface area contributed by atoms with Crippen LogP contribution >= 0.6 is 0 Å². The Morgan fingerprint density at radius 3 is 2.83 bits per heavy atom. The molecule has 1 saturated carbocycles. The number of aryl methyl sites for hydroxylation is 2. The molecule has 1 aromatic heterocycles. The molecule has 0 saturated heterocycles. The van der Waals surface area contributed by atoms with E-state index in [0.29, 0.717) is 5.92 Å². The Balaban J connectivity index is 1.57. The van der Waals surface area contributed by atoms with Crippen molar-refractivity contribution in [2.75, 3.05) is 33.4 Å². The topological polar surface area (TPSA) is 63.5 Å². The number of guanidine groups is 1. The minimum absolute atomic E-state index is 0.475. The van der Waals surface area contributed by atoms with Crippen molar-refractivity contribution in [3.05, 3.63) is 17.5 Å².